The number of aryl methyl sites for hydroxylation is 2. The van der Waals surface area contributed by atoms with Crippen molar-refractivity contribution in [1.82, 2.24) is 0 Å². The fourth-order valence-electron chi connectivity index (χ4n) is 8.21. The van der Waals surface area contributed by atoms with Crippen LogP contribution in [0.2, 0.25) is 0 Å². The minimum Gasteiger partial charge on any atom is -0.432 e. The van der Waals surface area contributed by atoms with Crippen LogP contribution in [-0.2, 0) is 12.8 Å². The fraction of sp³-hybridized carbons (Fsp3) is 0.538. The van der Waals surface area contributed by atoms with Crippen molar-refractivity contribution in [2.24, 2.45) is 23.7 Å². The van der Waals surface area contributed by atoms with Crippen molar-refractivity contribution in [3.8, 4) is 28.0 Å². The first-order chi connectivity index (χ1) is 28.5. The summed E-state index contributed by atoms with van der Waals surface area (Å²) in [5, 5.41) is 0. The Morgan fingerprint density at radius 3 is 1.53 bits per heavy atom. The van der Waals surface area contributed by atoms with Crippen molar-refractivity contribution >= 4 is 0 Å². The van der Waals surface area contributed by atoms with Gasteiger partial charge in [-0.05, 0) is 109 Å². The van der Waals surface area contributed by atoms with Crippen molar-refractivity contribution in [1.29, 1.82) is 0 Å². The number of rotatable bonds is 12. The number of ether oxygens (including phenoxy) is 1. The molecule has 0 radical (unpaired) electrons. The lowest BCUT2D eigenvalue weighted by Crippen LogP contribution is -2.38. The van der Waals surface area contributed by atoms with Crippen molar-refractivity contribution in [3.63, 3.8) is 0 Å². The average Bonchev–Trinajstić information content (AvgIpc) is 3.27. The van der Waals surface area contributed by atoms with Crippen molar-refractivity contribution in [2.45, 2.75) is 158 Å². The normalized spacial score (nSPS) is 18.6. The highest BCUT2D eigenvalue weighted by Gasteiger charge is 2.45. The first-order valence-corrected chi connectivity index (χ1v) is 22.7. The van der Waals surface area contributed by atoms with Crippen LogP contribution in [0.3, 0.4) is 0 Å². The van der Waals surface area contributed by atoms with E-state index in [4.69, 9.17) is 0 Å². The Morgan fingerprint density at radius 2 is 1.03 bits per heavy atom. The largest absolute Gasteiger partial charge is 0.432 e. The van der Waals surface area contributed by atoms with Crippen molar-refractivity contribution in [3.05, 3.63) is 113 Å². The van der Waals surface area contributed by atoms with E-state index >= 15 is 0 Å². The van der Waals surface area contributed by atoms with Gasteiger partial charge in [-0.3, -0.25) is 0 Å². The molecule has 4 aromatic rings. The Morgan fingerprint density at radius 1 is 0.542 bits per heavy atom. The maximum Gasteiger partial charge on any atom is 0.400 e. The first kappa shape index (κ1) is 51.4. The summed E-state index contributed by atoms with van der Waals surface area (Å²) >= 11 is 0. The molecular formula is C52H72F6O. The SMILES string of the molecule is CC.CC.CC.CCCC1CCC(C2CCC(C(F)(F)Oc3cc(F)c(F)c(F)c3)CC2)CC1.CCCCc1ccc(-c2ccc(-c3ccc(CC)cc3)cc2F)cc1. The predicted octanol–water partition coefficient (Wildman–Crippen LogP) is 17.6. The van der Waals surface area contributed by atoms with E-state index in [0.717, 1.165) is 48.3 Å². The molecule has 0 aromatic heterocycles. The quantitative estimate of drug-likeness (QED) is 0.102. The van der Waals surface area contributed by atoms with Gasteiger partial charge >= 0.3 is 6.11 Å². The smallest absolute Gasteiger partial charge is 0.400 e. The molecule has 328 valence electrons. The zero-order valence-corrected chi connectivity index (χ0v) is 37.4. The van der Waals surface area contributed by atoms with Crippen LogP contribution in [0.4, 0.5) is 26.3 Å². The molecule has 0 amide bonds. The van der Waals surface area contributed by atoms with Crippen LogP contribution in [0, 0.1) is 46.9 Å². The van der Waals surface area contributed by atoms with E-state index in [9.17, 15) is 26.3 Å². The van der Waals surface area contributed by atoms with Crippen LogP contribution < -0.4 is 4.74 Å². The molecule has 0 bridgehead atoms. The molecule has 0 spiro atoms. The van der Waals surface area contributed by atoms with E-state index in [2.05, 4.69) is 61.9 Å². The Balaban J connectivity index is 0.000000363. The molecule has 0 heterocycles. The van der Waals surface area contributed by atoms with E-state index in [1.165, 1.54) is 62.5 Å². The number of unbranched alkanes of at least 4 members (excludes halogenated alkanes) is 1. The third kappa shape index (κ3) is 15.7. The molecule has 2 fully saturated rings. The zero-order chi connectivity index (χ0) is 44.0. The Kier molecular flexibility index (Phi) is 23.7. The number of hydrogen-bond donors (Lipinski definition) is 0. The second-order valence-corrected chi connectivity index (χ2v) is 15.1. The van der Waals surface area contributed by atoms with E-state index in [1.807, 2.05) is 65.8 Å². The van der Waals surface area contributed by atoms with Crippen LogP contribution in [0.15, 0.2) is 78.9 Å². The highest BCUT2D eigenvalue weighted by molar-refractivity contribution is 5.71. The van der Waals surface area contributed by atoms with Crippen LogP contribution in [0.25, 0.3) is 22.3 Å². The lowest BCUT2D eigenvalue weighted by Gasteiger charge is -2.39. The summed E-state index contributed by atoms with van der Waals surface area (Å²) in [5.41, 5.74) is 6.19. The molecule has 2 aliphatic rings. The van der Waals surface area contributed by atoms with Gasteiger partial charge in [0.05, 0.1) is 5.92 Å². The van der Waals surface area contributed by atoms with Crippen molar-refractivity contribution in [2.75, 3.05) is 0 Å². The minimum atomic E-state index is -3.53. The molecule has 0 atom stereocenters. The second kappa shape index (κ2) is 27.2. The second-order valence-electron chi connectivity index (χ2n) is 15.1. The number of halogens is 6. The van der Waals surface area contributed by atoms with Gasteiger partial charge < -0.3 is 4.74 Å². The third-order valence-electron chi connectivity index (χ3n) is 11.5. The fourth-order valence-corrected chi connectivity index (χ4v) is 8.21. The molecular weight excluding hydrogens is 755 g/mol. The van der Waals surface area contributed by atoms with Crippen LogP contribution >= 0.6 is 0 Å². The summed E-state index contributed by atoms with van der Waals surface area (Å²) in [4.78, 5) is 0. The lowest BCUT2D eigenvalue weighted by molar-refractivity contribution is -0.224. The lowest BCUT2D eigenvalue weighted by atomic mass is 9.68. The summed E-state index contributed by atoms with van der Waals surface area (Å²) in [6.45, 7) is 18.5. The Labute approximate surface area is 353 Å². The van der Waals surface area contributed by atoms with Gasteiger partial charge in [0.15, 0.2) is 17.5 Å². The summed E-state index contributed by atoms with van der Waals surface area (Å²) in [6, 6.07) is 23.1. The predicted molar refractivity (Wildman–Crippen MR) is 237 cm³/mol. The molecule has 0 unspecified atom stereocenters. The topological polar surface area (TPSA) is 9.23 Å². The molecule has 2 aliphatic carbocycles. The molecule has 1 nitrogen and oxygen atoms in total. The molecule has 6 rings (SSSR count). The Hall–Kier alpha value is -3.74. The third-order valence-corrected chi connectivity index (χ3v) is 11.5. The maximum atomic E-state index is 14.7. The molecule has 0 saturated heterocycles. The van der Waals surface area contributed by atoms with E-state index in [1.54, 1.807) is 6.07 Å². The van der Waals surface area contributed by atoms with Crippen LogP contribution in [0.5, 0.6) is 5.75 Å². The monoisotopic (exact) mass is 827 g/mol. The number of hydrogen-bond acceptors (Lipinski definition) is 1. The minimum absolute atomic E-state index is 0.168. The molecule has 7 heteroatoms. The highest BCUT2D eigenvalue weighted by Crippen LogP contribution is 2.46. The average molecular weight is 827 g/mol. The van der Waals surface area contributed by atoms with Gasteiger partial charge in [-0.25, -0.2) is 17.6 Å². The summed E-state index contributed by atoms with van der Waals surface area (Å²) in [5.74, 6) is -4.66. The summed E-state index contributed by atoms with van der Waals surface area (Å²) < 4.78 is 87.8. The number of alkyl halides is 2. The standard InChI is InChI=1S/C24H25F.C22H29F5O.3C2H6/c1-3-5-6-19-9-13-21(14-10-19)23-16-15-22(17-24(23)25)20-11-7-18(4-2)8-12-20;1-2-3-14-4-6-15(7-5-14)16-8-10-17(11-9-16)22(26,27)28-18-12-19(23)21(25)20(24)13-18;3*1-2/h7-17H,3-6H2,1-2H3;12-17H,2-11H2,1H3;3*1-2H3. The van der Waals surface area contributed by atoms with Crippen LogP contribution in [-0.4, -0.2) is 6.11 Å². The van der Waals surface area contributed by atoms with E-state index < -0.39 is 35.2 Å². The molecule has 2 saturated carbocycles. The van der Waals surface area contributed by atoms with Gasteiger partial charge in [0, 0.05) is 17.7 Å². The molecule has 4 aromatic carbocycles. The first-order valence-electron chi connectivity index (χ1n) is 22.7. The van der Waals surface area contributed by atoms with Gasteiger partial charge in [-0.15, -0.1) is 0 Å². The van der Waals surface area contributed by atoms with Gasteiger partial charge in [0.2, 0.25) is 0 Å². The van der Waals surface area contributed by atoms with Crippen molar-refractivity contribution < 1.29 is 31.1 Å². The van der Waals surface area contributed by atoms with E-state index in [-0.39, 0.29) is 5.82 Å². The number of benzene rings is 4. The molecule has 0 aliphatic heterocycles. The van der Waals surface area contributed by atoms with E-state index in [0.29, 0.717) is 42.4 Å². The summed E-state index contributed by atoms with van der Waals surface area (Å²) in [7, 11) is 0. The van der Waals surface area contributed by atoms with Gasteiger partial charge in [0.1, 0.15) is 11.6 Å². The highest BCUT2D eigenvalue weighted by atomic mass is 19.3. The summed E-state index contributed by atoms with van der Waals surface area (Å²) in [6.07, 6.45) is 10.5. The molecule has 59 heavy (non-hydrogen) atoms. The Bertz CT molecular complexity index is 1700. The van der Waals surface area contributed by atoms with Gasteiger partial charge in [-0.2, -0.15) is 8.78 Å². The van der Waals surface area contributed by atoms with Gasteiger partial charge in [0.25, 0.3) is 0 Å². The molecule has 0 N–H and O–H groups in total. The zero-order valence-electron chi connectivity index (χ0n) is 37.4. The maximum absolute atomic E-state index is 14.7. The van der Waals surface area contributed by atoms with Gasteiger partial charge in [-0.1, -0.05) is 155 Å². The van der Waals surface area contributed by atoms with Crippen LogP contribution in [0.1, 0.15) is 150 Å².